The Labute approximate surface area is 169 Å². The van der Waals surface area contributed by atoms with Gasteiger partial charge in [-0.05, 0) is 36.4 Å². The van der Waals surface area contributed by atoms with Crippen LogP contribution in [0.3, 0.4) is 0 Å². The predicted molar refractivity (Wildman–Crippen MR) is 109 cm³/mol. The van der Waals surface area contributed by atoms with Gasteiger partial charge in [-0.25, -0.2) is 5.43 Å². The quantitative estimate of drug-likeness (QED) is 0.289. The van der Waals surface area contributed by atoms with E-state index in [1.165, 1.54) is 25.5 Å². The third-order valence-electron chi connectivity index (χ3n) is 4.30. The second-order valence-corrected chi connectivity index (χ2v) is 6.19. The molecule has 0 saturated heterocycles. The average molecular weight is 405 g/mol. The molecule has 1 amide bonds. The highest BCUT2D eigenvalue weighted by atomic mass is 16.6. The van der Waals surface area contributed by atoms with Gasteiger partial charge in [-0.3, -0.25) is 14.9 Å². The van der Waals surface area contributed by atoms with Crippen molar-refractivity contribution in [2.75, 3.05) is 7.11 Å². The summed E-state index contributed by atoms with van der Waals surface area (Å²) in [6, 6.07) is 16.3. The van der Waals surface area contributed by atoms with E-state index in [-0.39, 0.29) is 11.4 Å². The first-order valence-electron chi connectivity index (χ1n) is 8.80. The number of hydrazone groups is 1. The van der Waals surface area contributed by atoms with Crippen LogP contribution < -0.4 is 10.2 Å². The van der Waals surface area contributed by atoms with E-state index in [1.54, 1.807) is 42.5 Å². The minimum atomic E-state index is -0.522. The number of carbonyl (C=O) groups excluding carboxylic acids is 1. The summed E-state index contributed by atoms with van der Waals surface area (Å²) in [5, 5.41) is 15.3. The Morgan fingerprint density at radius 3 is 2.67 bits per heavy atom. The summed E-state index contributed by atoms with van der Waals surface area (Å²) in [6.45, 7) is 0. The number of carbonyl (C=O) groups is 1. The van der Waals surface area contributed by atoms with Crippen LogP contribution in [-0.4, -0.2) is 24.2 Å². The van der Waals surface area contributed by atoms with Crippen LogP contribution in [0, 0.1) is 10.1 Å². The topological polar surface area (TPSA) is 120 Å². The first kappa shape index (κ1) is 18.9. The number of nitro groups is 1. The maximum atomic E-state index is 12.3. The van der Waals surface area contributed by atoms with Gasteiger partial charge in [-0.2, -0.15) is 5.10 Å². The average Bonchev–Trinajstić information content (AvgIpc) is 3.40. The lowest BCUT2D eigenvalue weighted by molar-refractivity contribution is -0.384. The van der Waals surface area contributed by atoms with Crippen molar-refractivity contribution in [1.82, 2.24) is 5.43 Å². The van der Waals surface area contributed by atoms with Crippen LogP contribution in [0.25, 0.3) is 22.3 Å². The standard InChI is InChI=1S/C21H15N3O6/c1-28-18-4-2-3-14-11-19(30-20(14)18)21(25)23-22-12-16-9-10-17(29-16)13-5-7-15(8-6-13)24(26)27/h2-12H,1H3,(H,23,25)/b22-12-. The smallest absolute Gasteiger partial charge is 0.307 e. The molecule has 2 heterocycles. The maximum absolute atomic E-state index is 12.3. The highest BCUT2D eigenvalue weighted by molar-refractivity contribution is 5.97. The number of rotatable bonds is 6. The van der Waals surface area contributed by atoms with Crippen LogP contribution >= 0.6 is 0 Å². The van der Waals surface area contributed by atoms with Crippen LogP contribution in [0.1, 0.15) is 16.3 Å². The minimum Gasteiger partial charge on any atom is -0.493 e. The summed E-state index contributed by atoms with van der Waals surface area (Å²) in [4.78, 5) is 22.5. The van der Waals surface area contributed by atoms with E-state index in [1.807, 2.05) is 6.07 Å². The molecule has 9 heteroatoms. The first-order chi connectivity index (χ1) is 14.5. The van der Waals surface area contributed by atoms with Crippen molar-refractivity contribution < 1.29 is 23.3 Å². The fourth-order valence-corrected chi connectivity index (χ4v) is 2.84. The van der Waals surface area contributed by atoms with E-state index in [2.05, 4.69) is 10.5 Å². The van der Waals surface area contributed by atoms with Gasteiger partial charge in [0.15, 0.2) is 17.1 Å². The van der Waals surface area contributed by atoms with E-state index >= 15 is 0 Å². The number of ether oxygens (including phenoxy) is 1. The number of furan rings is 2. The lowest BCUT2D eigenvalue weighted by Gasteiger charge is -1.98. The van der Waals surface area contributed by atoms with Crippen molar-refractivity contribution in [3.8, 4) is 17.1 Å². The molecule has 1 N–H and O–H groups in total. The molecule has 0 spiro atoms. The number of amides is 1. The fourth-order valence-electron chi connectivity index (χ4n) is 2.84. The molecule has 2 aromatic carbocycles. The molecule has 4 rings (SSSR count). The van der Waals surface area contributed by atoms with Gasteiger partial charge < -0.3 is 13.6 Å². The van der Waals surface area contributed by atoms with E-state index in [4.69, 9.17) is 13.6 Å². The van der Waals surface area contributed by atoms with Gasteiger partial charge in [-0.1, -0.05) is 12.1 Å². The Morgan fingerprint density at radius 2 is 1.93 bits per heavy atom. The number of nitrogens with one attached hydrogen (secondary N) is 1. The van der Waals surface area contributed by atoms with Gasteiger partial charge in [0.1, 0.15) is 11.5 Å². The maximum Gasteiger partial charge on any atom is 0.307 e. The van der Waals surface area contributed by atoms with Crippen LogP contribution in [0.4, 0.5) is 5.69 Å². The third-order valence-corrected chi connectivity index (χ3v) is 4.30. The number of para-hydroxylation sites is 1. The van der Waals surface area contributed by atoms with Gasteiger partial charge in [0.25, 0.3) is 5.69 Å². The van der Waals surface area contributed by atoms with Crippen molar-refractivity contribution in [1.29, 1.82) is 0 Å². The molecular weight excluding hydrogens is 390 g/mol. The van der Waals surface area contributed by atoms with E-state index in [9.17, 15) is 14.9 Å². The molecule has 0 fully saturated rings. The van der Waals surface area contributed by atoms with Crippen molar-refractivity contribution >= 4 is 28.8 Å². The number of hydrogen-bond donors (Lipinski definition) is 1. The van der Waals surface area contributed by atoms with Gasteiger partial charge in [-0.15, -0.1) is 0 Å². The Morgan fingerprint density at radius 1 is 1.13 bits per heavy atom. The summed E-state index contributed by atoms with van der Waals surface area (Å²) < 4.78 is 16.4. The second kappa shape index (κ2) is 7.92. The molecule has 4 aromatic rings. The highest BCUT2D eigenvalue weighted by Crippen LogP contribution is 2.28. The van der Waals surface area contributed by atoms with Crippen LogP contribution in [0.5, 0.6) is 5.75 Å². The van der Waals surface area contributed by atoms with Crippen molar-refractivity contribution in [2.24, 2.45) is 5.10 Å². The number of methoxy groups -OCH3 is 1. The summed E-state index contributed by atoms with van der Waals surface area (Å²) >= 11 is 0. The van der Waals surface area contributed by atoms with Crippen LogP contribution in [-0.2, 0) is 0 Å². The SMILES string of the molecule is COc1cccc2cc(C(=O)N/N=C\c3ccc(-c4ccc([N+](=O)[O-])cc4)o3)oc12. The Bertz CT molecular complexity index is 1250. The minimum absolute atomic E-state index is 0.00184. The molecule has 0 radical (unpaired) electrons. The second-order valence-electron chi connectivity index (χ2n) is 6.19. The Balaban J connectivity index is 1.43. The van der Waals surface area contributed by atoms with Crippen molar-refractivity contribution in [2.45, 2.75) is 0 Å². The van der Waals surface area contributed by atoms with Gasteiger partial charge in [0.05, 0.1) is 18.2 Å². The molecule has 150 valence electrons. The third kappa shape index (κ3) is 3.76. The van der Waals surface area contributed by atoms with Crippen molar-refractivity contribution in [3.63, 3.8) is 0 Å². The normalized spacial score (nSPS) is 11.1. The zero-order valence-electron chi connectivity index (χ0n) is 15.7. The Hall–Kier alpha value is -4.40. The van der Waals surface area contributed by atoms with Gasteiger partial charge in [0, 0.05) is 23.1 Å². The molecule has 0 saturated carbocycles. The van der Waals surface area contributed by atoms with E-state index < -0.39 is 10.8 Å². The molecule has 0 aliphatic carbocycles. The van der Waals surface area contributed by atoms with Crippen molar-refractivity contribution in [3.05, 3.63) is 82.3 Å². The zero-order valence-corrected chi connectivity index (χ0v) is 15.7. The molecule has 30 heavy (non-hydrogen) atoms. The monoisotopic (exact) mass is 405 g/mol. The lowest BCUT2D eigenvalue weighted by Crippen LogP contribution is -2.16. The summed E-state index contributed by atoms with van der Waals surface area (Å²) in [5.41, 5.74) is 3.53. The van der Waals surface area contributed by atoms with Crippen LogP contribution in [0.15, 0.2) is 74.6 Å². The van der Waals surface area contributed by atoms with E-state index in [0.717, 1.165) is 5.39 Å². The summed E-state index contributed by atoms with van der Waals surface area (Å²) in [6.07, 6.45) is 1.34. The zero-order chi connectivity index (χ0) is 21.1. The summed E-state index contributed by atoms with van der Waals surface area (Å²) in [5.74, 6) is 1.02. The fraction of sp³-hybridized carbons (Fsp3) is 0.0476. The number of nitro benzene ring substituents is 1. The lowest BCUT2D eigenvalue weighted by atomic mass is 10.1. The molecule has 9 nitrogen and oxygen atoms in total. The van der Waals surface area contributed by atoms with Gasteiger partial charge >= 0.3 is 5.91 Å². The number of nitrogens with zero attached hydrogens (tertiary/aromatic N) is 2. The molecule has 0 aliphatic heterocycles. The molecule has 0 bridgehead atoms. The van der Waals surface area contributed by atoms with Gasteiger partial charge in [0.2, 0.25) is 0 Å². The molecular formula is C21H15N3O6. The number of non-ortho nitro benzene ring substituents is 1. The molecule has 0 unspecified atom stereocenters. The Kier molecular flexibility index (Phi) is 5.00. The number of fused-ring (bicyclic) bond motifs is 1. The number of hydrogen-bond acceptors (Lipinski definition) is 7. The predicted octanol–water partition coefficient (Wildman–Crippen LogP) is 4.37. The molecule has 0 atom stereocenters. The molecule has 0 aliphatic rings. The highest BCUT2D eigenvalue weighted by Gasteiger charge is 2.14. The van der Waals surface area contributed by atoms with Crippen LogP contribution in [0.2, 0.25) is 0 Å². The largest absolute Gasteiger partial charge is 0.493 e. The number of benzene rings is 2. The van der Waals surface area contributed by atoms with E-state index in [0.29, 0.717) is 28.4 Å². The molecule has 2 aromatic heterocycles. The summed E-state index contributed by atoms with van der Waals surface area (Å²) in [7, 11) is 1.52. The first-order valence-corrected chi connectivity index (χ1v) is 8.80.